The maximum Gasteiger partial charge on any atom is 0.275 e. The number of nitrogens with one attached hydrogen (secondary N) is 2. The van der Waals surface area contributed by atoms with Crippen molar-refractivity contribution in [1.82, 2.24) is 9.97 Å². The molecule has 0 spiro atoms. The van der Waals surface area contributed by atoms with Gasteiger partial charge in [-0.3, -0.25) is 9.78 Å². The van der Waals surface area contributed by atoms with Crippen LogP contribution in [0, 0.1) is 0 Å². The summed E-state index contributed by atoms with van der Waals surface area (Å²) in [7, 11) is 0. The van der Waals surface area contributed by atoms with E-state index in [9.17, 15) is 4.79 Å². The minimum Gasteiger partial charge on any atom is -0.321 e. The van der Waals surface area contributed by atoms with E-state index in [4.69, 9.17) is 5.84 Å². The number of thiophene rings is 1. The Balaban J connectivity index is 1.83. The molecule has 0 unspecified atom stereocenters. The molecule has 0 aliphatic heterocycles. The number of hydrogen-bond donors (Lipinski definition) is 3. The van der Waals surface area contributed by atoms with Crippen LogP contribution in [0.2, 0.25) is 0 Å². The molecule has 0 radical (unpaired) electrons. The van der Waals surface area contributed by atoms with Crippen molar-refractivity contribution in [3.63, 3.8) is 0 Å². The van der Waals surface area contributed by atoms with Gasteiger partial charge in [-0.1, -0.05) is 0 Å². The molecule has 20 heavy (non-hydrogen) atoms. The van der Waals surface area contributed by atoms with E-state index in [2.05, 4.69) is 20.7 Å². The van der Waals surface area contributed by atoms with Crippen LogP contribution in [0.5, 0.6) is 0 Å². The van der Waals surface area contributed by atoms with Gasteiger partial charge in [0.1, 0.15) is 5.69 Å². The van der Waals surface area contributed by atoms with Gasteiger partial charge >= 0.3 is 0 Å². The van der Waals surface area contributed by atoms with Crippen molar-refractivity contribution in [2.24, 2.45) is 5.84 Å². The quantitative estimate of drug-likeness (QED) is 0.507. The smallest absolute Gasteiger partial charge is 0.275 e. The summed E-state index contributed by atoms with van der Waals surface area (Å²) in [4.78, 5) is 20.0. The van der Waals surface area contributed by atoms with Gasteiger partial charge in [0.15, 0.2) is 5.82 Å². The molecule has 1 aromatic carbocycles. The Morgan fingerprint density at radius 3 is 3.00 bits per heavy atom. The third-order valence-corrected chi connectivity index (χ3v) is 3.62. The Morgan fingerprint density at radius 2 is 2.15 bits per heavy atom. The Kier molecular flexibility index (Phi) is 3.28. The summed E-state index contributed by atoms with van der Waals surface area (Å²) in [6.07, 6.45) is 2.83. The van der Waals surface area contributed by atoms with Crippen molar-refractivity contribution in [3.8, 4) is 0 Å². The molecule has 2 heterocycles. The van der Waals surface area contributed by atoms with Gasteiger partial charge in [-0.15, -0.1) is 11.3 Å². The van der Waals surface area contributed by atoms with Crippen molar-refractivity contribution >= 4 is 38.8 Å². The van der Waals surface area contributed by atoms with Gasteiger partial charge in [-0.2, -0.15) is 0 Å². The largest absolute Gasteiger partial charge is 0.321 e. The maximum atomic E-state index is 12.1. The number of hydrazine groups is 1. The van der Waals surface area contributed by atoms with Gasteiger partial charge in [0.25, 0.3) is 5.91 Å². The molecule has 6 nitrogen and oxygen atoms in total. The lowest BCUT2D eigenvalue weighted by Crippen LogP contribution is -2.16. The number of hydrogen-bond acceptors (Lipinski definition) is 6. The molecule has 1 amide bonds. The average Bonchev–Trinajstić information content (AvgIpc) is 2.95. The van der Waals surface area contributed by atoms with Gasteiger partial charge in [0.2, 0.25) is 0 Å². The molecule has 0 saturated carbocycles. The Hall–Kier alpha value is -2.51. The number of amides is 1. The van der Waals surface area contributed by atoms with E-state index in [1.165, 1.54) is 17.1 Å². The van der Waals surface area contributed by atoms with E-state index in [0.29, 0.717) is 11.5 Å². The second-order valence-corrected chi connectivity index (χ2v) is 5.01. The first-order valence-electron chi connectivity index (χ1n) is 5.83. The van der Waals surface area contributed by atoms with Crippen LogP contribution in [0.1, 0.15) is 10.5 Å². The first-order chi connectivity index (χ1) is 9.76. The predicted molar refractivity (Wildman–Crippen MR) is 79.6 cm³/mol. The number of carbonyl (C=O) groups is 1. The molecular weight excluding hydrogens is 274 g/mol. The standard InChI is InChI=1S/C13H11N5OS/c14-18-12-7-15-6-10(17-12)13(19)16-9-1-2-11-8(5-9)3-4-20-11/h1-7H,14H2,(H,16,19)(H,17,18). The molecule has 0 atom stereocenters. The van der Waals surface area contributed by atoms with Crippen molar-refractivity contribution < 1.29 is 4.79 Å². The molecule has 4 N–H and O–H groups in total. The predicted octanol–water partition coefficient (Wildman–Crippen LogP) is 2.23. The summed E-state index contributed by atoms with van der Waals surface area (Å²) in [5.74, 6) is 5.25. The molecule has 2 aromatic heterocycles. The minimum absolute atomic E-state index is 0.200. The summed E-state index contributed by atoms with van der Waals surface area (Å²) < 4.78 is 1.18. The lowest BCUT2D eigenvalue weighted by atomic mass is 10.2. The van der Waals surface area contributed by atoms with Crippen LogP contribution in [0.4, 0.5) is 11.5 Å². The summed E-state index contributed by atoms with van der Waals surface area (Å²) in [6.45, 7) is 0. The number of rotatable bonds is 3. The highest BCUT2D eigenvalue weighted by Crippen LogP contribution is 2.24. The van der Waals surface area contributed by atoms with Crippen LogP contribution in [-0.2, 0) is 0 Å². The van der Waals surface area contributed by atoms with Crippen molar-refractivity contribution in [3.05, 3.63) is 47.7 Å². The molecular formula is C13H11N5OS. The minimum atomic E-state index is -0.329. The van der Waals surface area contributed by atoms with Crippen LogP contribution in [-0.4, -0.2) is 15.9 Å². The number of fused-ring (bicyclic) bond motifs is 1. The fraction of sp³-hybridized carbons (Fsp3) is 0. The number of nitrogens with two attached hydrogens (primary N) is 1. The van der Waals surface area contributed by atoms with Crippen LogP contribution >= 0.6 is 11.3 Å². The molecule has 7 heteroatoms. The number of nitrogens with zero attached hydrogens (tertiary/aromatic N) is 2. The third kappa shape index (κ3) is 2.44. The molecule has 100 valence electrons. The molecule has 3 rings (SSSR count). The van der Waals surface area contributed by atoms with E-state index in [1.807, 2.05) is 29.6 Å². The maximum absolute atomic E-state index is 12.1. The zero-order valence-electron chi connectivity index (χ0n) is 10.3. The van der Waals surface area contributed by atoms with Crippen LogP contribution in [0.3, 0.4) is 0 Å². The topological polar surface area (TPSA) is 92.9 Å². The molecule has 0 saturated heterocycles. The summed E-state index contributed by atoms with van der Waals surface area (Å²) in [5, 5.41) is 5.89. The van der Waals surface area contributed by atoms with Crippen LogP contribution in [0.25, 0.3) is 10.1 Å². The number of aromatic nitrogens is 2. The first-order valence-corrected chi connectivity index (χ1v) is 6.71. The van der Waals surface area contributed by atoms with Gasteiger partial charge < -0.3 is 10.7 Å². The van der Waals surface area contributed by atoms with Gasteiger partial charge in [-0.05, 0) is 35.0 Å². The highest BCUT2D eigenvalue weighted by molar-refractivity contribution is 7.17. The zero-order valence-corrected chi connectivity index (χ0v) is 11.1. The van der Waals surface area contributed by atoms with Crippen molar-refractivity contribution in [1.29, 1.82) is 0 Å². The zero-order chi connectivity index (χ0) is 13.9. The molecule has 0 aliphatic rings. The molecule has 0 bridgehead atoms. The lowest BCUT2D eigenvalue weighted by molar-refractivity contribution is 0.102. The highest BCUT2D eigenvalue weighted by Gasteiger charge is 2.09. The van der Waals surface area contributed by atoms with Gasteiger partial charge in [0.05, 0.1) is 12.4 Å². The average molecular weight is 285 g/mol. The number of nitrogen functional groups attached to an aromatic ring is 1. The lowest BCUT2D eigenvalue weighted by Gasteiger charge is -2.05. The van der Waals surface area contributed by atoms with Gasteiger partial charge in [0, 0.05) is 10.4 Å². The molecule has 0 aliphatic carbocycles. The highest BCUT2D eigenvalue weighted by atomic mass is 32.1. The summed E-state index contributed by atoms with van der Waals surface area (Å²) in [6, 6.07) is 7.75. The molecule has 0 fully saturated rings. The van der Waals surface area contributed by atoms with E-state index in [0.717, 1.165) is 5.39 Å². The Labute approximate surface area is 118 Å². The normalized spacial score (nSPS) is 10.4. The number of benzene rings is 1. The Morgan fingerprint density at radius 1 is 1.25 bits per heavy atom. The summed E-state index contributed by atoms with van der Waals surface area (Å²) in [5.41, 5.74) is 3.27. The monoisotopic (exact) mass is 285 g/mol. The first kappa shape index (κ1) is 12.5. The second kappa shape index (κ2) is 5.24. The summed E-state index contributed by atoms with van der Waals surface area (Å²) >= 11 is 1.66. The number of anilines is 2. The van der Waals surface area contributed by atoms with Crippen molar-refractivity contribution in [2.75, 3.05) is 10.7 Å². The SMILES string of the molecule is NNc1cncc(C(=O)Nc2ccc3sccc3c2)n1. The van der Waals surface area contributed by atoms with E-state index >= 15 is 0 Å². The van der Waals surface area contributed by atoms with Crippen LogP contribution in [0.15, 0.2) is 42.0 Å². The third-order valence-electron chi connectivity index (χ3n) is 2.73. The van der Waals surface area contributed by atoms with Gasteiger partial charge in [-0.25, -0.2) is 10.8 Å². The fourth-order valence-electron chi connectivity index (χ4n) is 1.78. The van der Waals surface area contributed by atoms with E-state index in [1.54, 1.807) is 11.3 Å². The Bertz CT molecular complexity index is 770. The van der Waals surface area contributed by atoms with Crippen LogP contribution < -0.4 is 16.6 Å². The molecule has 3 aromatic rings. The number of carbonyl (C=O) groups excluding carboxylic acids is 1. The van der Waals surface area contributed by atoms with E-state index in [-0.39, 0.29) is 11.6 Å². The van der Waals surface area contributed by atoms with Crippen molar-refractivity contribution in [2.45, 2.75) is 0 Å². The van der Waals surface area contributed by atoms with E-state index < -0.39 is 0 Å². The second-order valence-electron chi connectivity index (χ2n) is 4.06. The fourth-order valence-corrected chi connectivity index (χ4v) is 2.56.